The van der Waals surface area contributed by atoms with E-state index in [0.29, 0.717) is 12.3 Å². The second-order valence-corrected chi connectivity index (χ2v) is 5.08. The summed E-state index contributed by atoms with van der Waals surface area (Å²) in [5.41, 5.74) is 3.52. The second kappa shape index (κ2) is 7.04. The van der Waals surface area contributed by atoms with Gasteiger partial charge < -0.3 is 15.1 Å². The van der Waals surface area contributed by atoms with Gasteiger partial charge in [0.05, 0.1) is 5.69 Å². The molecule has 0 saturated heterocycles. The maximum absolute atomic E-state index is 11.9. The second-order valence-electron chi connectivity index (χ2n) is 5.08. The molecule has 1 heterocycles. The molecule has 0 saturated carbocycles. The lowest BCUT2D eigenvalue weighted by atomic mass is 10.1. The summed E-state index contributed by atoms with van der Waals surface area (Å²) in [4.78, 5) is 16.2. The Morgan fingerprint density at radius 3 is 2.81 bits per heavy atom. The van der Waals surface area contributed by atoms with Crippen LogP contribution in [0, 0.1) is 13.8 Å². The third-order valence-electron chi connectivity index (χ3n) is 3.21. The van der Waals surface area contributed by atoms with Crippen LogP contribution in [0.3, 0.4) is 0 Å². The van der Waals surface area contributed by atoms with E-state index in [1.165, 1.54) is 0 Å². The van der Waals surface area contributed by atoms with Crippen LogP contribution in [0.5, 0.6) is 0 Å². The molecule has 2 aromatic rings. The van der Waals surface area contributed by atoms with Gasteiger partial charge in [-0.05, 0) is 51.6 Å². The molecule has 0 aliphatic heterocycles. The van der Waals surface area contributed by atoms with Crippen molar-refractivity contribution in [2.75, 3.05) is 18.9 Å². The molecule has 2 rings (SSSR count). The van der Waals surface area contributed by atoms with Gasteiger partial charge in [0, 0.05) is 17.7 Å². The van der Waals surface area contributed by atoms with E-state index in [1.54, 1.807) is 6.26 Å². The number of aromatic nitrogens is 1. The number of rotatable bonds is 6. The zero-order chi connectivity index (χ0) is 15.2. The smallest absolute Gasteiger partial charge is 0.226 e. The molecule has 0 aliphatic rings. The molecule has 1 amide bonds. The number of nitrogens with zero attached hydrogens (tertiary/aromatic N) is 1. The summed E-state index contributed by atoms with van der Waals surface area (Å²) in [6.45, 7) is 4.68. The summed E-state index contributed by atoms with van der Waals surface area (Å²) in [5.74, 6) is 0.590. The summed E-state index contributed by atoms with van der Waals surface area (Å²) in [6, 6.07) is 5.80. The molecule has 2 N–H and O–H groups in total. The molecular formula is C16H21N3O2. The Bertz CT molecular complexity index is 620. The standard InChI is InChI=1S/C16H21N3O2/c1-11-6-7-13(16-18-12(2)10-21-16)9-14(11)19-15(20)5-4-8-17-3/h6-7,9-10,17H,4-5,8H2,1-3H3,(H,19,20). The van der Waals surface area contributed by atoms with Crippen LogP contribution in [-0.4, -0.2) is 24.5 Å². The van der Waals surface area contributed by atoms with E-state index >= 15 is 0 Å². The van der Waals surface area contributed by atoms with Crippen LogP contribution in [0.1, 0.15) is 24.1 Å². The normalized spacial score (nSPS) is 10.6. The lowest BCUT2D eigenvalue weighted by Crippen LogP contribution is -2.15. The van der Waals surface area contributed by atoms with Gasteiger partial charge in [-0.2, -0.15) is 0 Å². The Kier molecular flexibility index (Phi) is 5.11. The Morgan fingerprint density at radius 2 is 2.14 bits per heavy atom. The van der Waals surface area contributed by atoms with Gasteiger partial charge in [0.25, 0.3) is 0 Å². The maximum Gasteiger partial charge on any atom is 0.226 e. The van der Waals surface area contributed by atoms with Crippen LogP contribution in [0.4, 0.5) is 5.69 Å². The molecule has 0 atom stereocenters. The van der Waals surface area contributed by atoms with E-state index in [2.05, 4.69) is 15.6 Å². The SMILES string of the molecule is CNCCCC(=O)Nc1cc(-c2nc(C)co2)ccc1C. The topological polar surface area (TPSA) is 67.2 Å². The zero-order valence-electron chi connectivity index (χ0n) is 12.7. The van der Waals surface area contributed by atoms with E-state index in [1.807, 2.05) is 39.1 Å². The van der Waals surface area contributed by atoms with Crippen molar-refractivity contribution < 1.29 is 9.21 Å². The van der Waals surface area contributed by atoms with E-state index in [4.69, 9.17) is 4.42 Å². The molecule has 0 unspecified atom stereocenters. The first-order valence-corrected chi connectivity index (χ1v) is 7.07. The maximum atomic E-state index is 11.9. The molecule has 0 fully saturated rings. The van der Waals surface area contributed by atoms with Crippen molar-refractivity contribution in [1.82, 2.24) is 10.3 Å². The highest BCUT2D eigenvalue weighted by Crippen LogP contribution is 2.25. The fraction of sp³-hybridized carbons (Fsp3) is 0.375. The number of hydrogen-bond acceptors (Lipinski definition) is 4. The van der Waals surface area contributed by atoms with Crippen molar-refractivity contribution in [3.05, 3.63) is 35.7 Å². The van der Waals surface area contributed by atoms with Gasteiger partial charge in [0.15, 0.2) is 0 Å². The third kappa shape index (κ3) is 4.16. The van der Waals surface area contributed by atoms with E-state index in [9.17, 15) is 4.79 Å². The highest BCUT2D eigenvalue weighted by atomic mass is 16.3. The number of benzene rings is 1. The molecule has 1 aromatic carbocycles. The zero-order valence-corrected chi connectivity index (χ0v) is 12.7. The van der Waals surface area contributed by atoms with E-state index in [-0.39, 0.29) is 5.91 Å². The average molecular weight is 287 g/mol. The highest BCUT2D eigenvalue weighted by Gasteiger charge is 2.09. The number of carbonyl (C=O) groups is 1. The van der Waals surface area contributed by atoms with Crippen LogP contribution in [0.25, 0.3) is 11.5 Å². The molecule has 21 heavy (non-hydrogen) atoms. The number of nitrogens with one attached hydrogen (secondary N) is 2. The molecule has 0 bridgehead atoms. The van der Waals surface area contributed by atoms with Crippen molar-refractivity contribution in [2.45, 2.75) is 26.7 Å². The van der Waals surface area contributed by atoms with Gasteiger partial charge in [-0.3, -0.25) is 4.79 Å². The van der Waals surface area contributed by atoms with Crippen molar-refractivity contribution in [3.63, 3.8) is 0 Å². The van der Waals surface area contributed by atoms with E-state index in [0.717, 1.165) is 35.5 Å². The van der Waals surface area contributed by atoms with Crippen LogP contribution < -0.4 is 10.6 Å². The van der Waals surface area contributed by atoms with E-state index < -0.39 is 0 Å². The first kappa shape index (κ1) is 15.3. The minimum Gasteiger partial charge on any atom is -0.444 e. The van der Waals surface area contributed by atoms with Gasteiger partial charge in [0.1, 0.15) is 6.26 Å². The van der Waals surface area contributed by atoms with Crippen molar-refractivity contribution in [2.24, 2.45) is 0 Å². The molecule has 1 aromatic heterocycles. The number of amides is 1. The molecule has 112 valence electrons. The predicted octanol–water partition coefficient (Wildman–Crippen LogP) is 2.90. The monoisotopic (exact) mass is 287 g/mol. The fourth-order valence-electron chi connectivity index (χ4n) is 2.01. The number of aryl methyl sites for hydroxylation is 2. The lowest BCUT2D eigenvalue weighted by molar-refractivity contribution is -0.116. The summed E-state index contributed by atoms with van der Waals surface area (Å²) >= 11 is 0. The Morgan fingerprint density at radius 1 is 1.33 bits per heavy atom. The minimum absolute atomic E-state index is 0.0223. The van der Waals surface area contributed by atoms with Crippen LogP contribution in [-0.2, 0) is 4.79 Å². The predicted molar refractivity (Wildman–Crippen MR) is 83.2 cm³/mol. The average Bonchev–Trinajstić information content (AvgIpc) is 2.88. The van der Waals surface area contributed by atoms with Gasteiger partial charge >= 0.3 is 0 Å². The Hall–Kier alpha value is -2.14. The fourth-order valence-corrected chi connectivity index (χ4v) is 2.01. The molecule has 0 aliphatic carbocycles. The van der Waals surface area contributed by atoms with Crippen molar-refractivity contribution >= 4 is 11.6 Å². The minimum atomic E-state index is 0.0223. The lowest BCUT2D eigenvalue weighted by Gasteiger charge is -2.09. The Balaban J connectivity index is 2.10. The number of anilines is 1. The number of carbonyl (C=O) groups excluding carboxylic acids is 1. The van der Waals surface area contributed by atoms with Gasteiger partial charge in [-0.15, -0.1) is 0 Å². The first-order valence-electron chi connectivity index (χ1n) is 7.07. The summed E-state index contributed by atoms with van der Waals surface area (Å²) < 4.78 is 5.40. The van der Waals surface area contributed by atoms with Crippen LogP contribution >= 0.6 is 0 Å². The quantitative estimate of drug-likeness (QED) is 0.802. The van der Waals surface area contributed by atoms with Crippen LogP contribution in [0.15, 0.2) is 28.9 Å². The van der Waals surface area contributed by atoms with Crippen LogP contribution in [0.2, 0.25) is 0 Å². The summed E-state index contributed by atoms with van der Waals surface area (Å²) in [5, 5.41) is 5.98. The van der Waals surface area contributed by atoms with Gasteiger partial charge in [-0.25, -0.2) is 4.98 Å². The molecule has 5 heteroatoms. The third-order valence-corrected chi connectivity index (χ3v) is 3.21. The molecular weight excluding hydrogens is 266 g/mol. The molecule has 5 nitrogen and oxygen atoms in total. The van der Waals surface area contributed by atoms with Crippen molar-refractivity contribution in [3.8, 4) is 11.5 Å². The van der Waals surface area contributed by atoms with Gasteiger partial charge in [0.2, 0.25) is 11.8 Å². The number of oxazole rings is 1. The Labute approximate surface area is 124 Å². The molecule has 0 radical (unpaired) electrons. The first-order chi connectivity index (χ1) is 10.1. The molecule has 0 spiro atoms. The van der Waals surface area contributed by atoms with Crippen molar-refractivity contribution in [1.29, 1.82) is 0 Å². The number of hydrogen-bond donors (Lipinski definition) is 2. The summed E-state index contributed by atoms with van der Waals surface area (Å²) in [7, 11) is 1.88. The van der Waals surface area contributed by atoms with Gasteiger partial charge in [-0.1, -0.05) is 6.07 Å². The largest absolute Gasteiger partial charge is 0.444 e. The summed E-state index contributed by atoms with van der Waals surface area (Å²) in [6.07, 6.45) is 2.94. The highest BCUT2D eigenvalue weighted by molar-refractivity contribution is 5.92.